The number of rotatable bonds is 1. The van der Waals surface area contributed by atoms with E-state index in [9.17, 15) is 0 Å². The van der Waals surface area contributed by atoms with Crippen LogP contribution in [0.15, 0.2) is 12.1 Å². The van der Waals surface area contributed by atoms with Crippen molar-refractivity contribution in [1.29, 1.82) is 0 Å². The lowest BCUT2D eigenvalue weighted by Gasteiger charge is -2.07. The van der Waals surface area contributed by atoms with Crippen LogP contribution in [0, 0.1) is 6.92 Å². The highest BCUT2D eigenvalue weighted by atomic mass is 35.5. The van der Waals surface area contributed by atoms with Crippen molar-refractivity contribution in [2.45, 2.75) is 6.92 Å². The molecule has 0 unspecified atom stereocenters. The summed E-state index contributed by atoms with van der Waals surface area (Å²) in [6, 6.07) is 3.78. The number of hydrogen-bond donors (Lipinski definition) is 0. The largest absolute Gasteiger partial charge is 0.494 e. The van der Waals surface area contributed by atoms with Crippen molar-refractivity contribution in [2.75, 3.05) is 7.11 Å². The van der Waals surface area contributed by atoms with Gasteiger partial charge in [-0.2, -0.15) is 0 Å². The van der Waals surface area contributed by atoms with Crippen molar-refractivity contribution >= 4 is 34.1 Å². The predicted molar refractivity (Wildman–Crippen MR) is 60.8 cm³/mol. The Hall–Kier alpha value is -1.06. The summed E-state index contributed by atoms with van der Waals surface area (Å²) < 4.78 is 5.21. The summed E-state index contributed by atoms with van der Waals surface area (Å²) in [5, 5.41) is 1.21. The van der Waals surface area contributed by atoms with Gasteiger partial charge in [-0.05, 0) is 36.2 Å². The lowest BCUT2D eigenvalue weighted by Crippen LogP contribution is -1.92. The molecule has 0 atom stereocenters. The molecule has 2 rings (SSSR count). The molecule has 0 saturated carbocycles. The zero-order valence-electron chi connectivity index (χ0n) is 8.21. The fourth-order valence-corrected chi connectivity index (χ4v) is 1.87. The number of methoxy groups -OCH3 is 1. The molecule has 0 aliphatic rings. The average molecular weight is 243 g/mol. The van der Waals surface area contributed by atoms with Gasteiger partial charge in [0.25, 0.3) is 0 Å². The van der Waals surface area contributed by atoms with E-state index in [1.807, 2.05) is 19.1 Å². The molecule has 0 bridgehead atoms. The van der Waals surface area contributed by atoms with Gasteiger partial charge < -0.3 is 4.74 Å². The van der Waals surface area contributed by atoms with E-state index in [1.54, 1.807) is 7.11 Å². The van der Waals surface area contributed by atoms with E-state index in [0.717, 1.165) is 10.9 Å². The normalized spacial score (nSPS) is 10.7. The average Bonchev–Trinajstić information content (AvgIpc) is 2.18. The number of nitrogens with zero attached hydrogens (tertiary/aromatic N) is 2. The Morgan fingerprint density at radius 2 is 1.93 bits per heavy atom. The highest BCUT2D eigenvalue weighted by Gasteiger charge is 2.10. The molecule has 0 saturated heterocycles. The molecule has 15 heavy (non-hydrogen) atoms. The second-order valence-corrected chi connectivity index (χ2v) is 3.84. The fraction of sp³-hybridized carbons (Fsp3) is 0.200. The molecule has 1 aromatic heterocycles. The predicted octanol–water partition coefficient (Wildman–Crippen LogP) is 3.25. The number of fused-ring (bicyclic) bond motifs is 1. The van der Waals surface area contributed by atoms with E-state index in [2.05, 4.69) is 9.97 Å². The molecule has 0 fully saturated rings. The van der Waals surface area contributed by atoms with Crippen LogP contribution in [0.5, 0.6) is 5.75 Å². The second kappa shape index (κ2) is 3.83. The topological polar surface area (TPSA) is 35.0 Å². The van der Waals surface area contributed by atoms with Crippen LogP contribution in [0.25, 0.3) is 10.9 Å². The van der Waals surface area contributed by atoms with Gasteiger partial charge >= 0.3 is 0 Å². The van der Waals surface area contributed by atoms with Gasteiger partial charge in [-0.1, -0.05) is 11.6 Å². The first-order valence-electron chi connectivity index (χ1n) is 4.29. The maximum absolute atomic E-state index is 5.97. The molecule has 1 aromatic carbocycles. The molecular formula is C10H8Cl2N2O. The molecule has 0 amide bonds. The smallest absolute Gasteiger partial charge is 0.224 e. The summed E-state index contributed by atoms with van der Waals surface area (Å²) in [7, 11) is 1.58. The SMILES string of the molecule is COc1cc(C)cc2c(Cl)nc(Cl)nc12. The van der Waals surface area contributed by atoms with E-state index >= 15 is 0 Å². The van der Waals surface area contributed by atoms with E-state index in [0.29, 0.717) is 16.4 Å². The van der Waals surface area contributed by atoms with Gasteiger partial charge in [0.2, 0.25) is 5.28 Å². The third kappa shape index (κ3) is 1.85. The van der Waals surface area contributed by atoms with E-state index in [4.69, 9.17) is 27.9 Å². The molecule has 0 radical (unpaired) electrons. The first-order valence-corrected chi connectivity index (χ1v) is 5.05. The lowest BCUT2D eigenvalue weighted by atomic mass is 10.1. The van der Waals surface area contributed by atoms with Gasteiger partial charge in [0.05, 0.1) is 7.11 Å². The Morgan fingerprint density at radius 1 is 1.20 bits per heavy atom. The van der Waals surface area contributed by atoms with Gasteiger partial charge in [-0.25, -0.2) is 9.97 Å². The van der Waals surface area contributed by atoms with Crippen LogP contribution in [0.1, 0.15) is 5.56 Å². The first kappa shape index (κ1) is 10.5. The number of halogens is 2. The Kier molecular flexibility index (Phi) is 2.67. The van der Waals surface area contributed by atoms with Gasteiger partial charge in [0.1, 0.15) is 16.4 Å². The number of aromatic nitrogens is 2. The highest BCUT2D eigenvalue weighted by Crippen LogP contribution is 2.30. The maximum Gasteiger partial charge on any atom is 0.224 e. The van der Waals surface area contributed by atoms with Gasteiger partial charge in [0.15, 0.2) is 0 Å². The van der Waals surface area contributed by atoms with Crippen molar-refractivity contribution < 1.29 is 4.74 Å². The molecule has 5 heteroatoms. The van der Waals surface area contributed by atoms with Gasteiger partial charge in [-0.3, -0.25) is 0 Å². The van der Waals surface area contributed by atoms with Crippen LogP contribution >= 0.6 is 23.2 Å². The lowest BCUT2D eigenvalue weighted by molar-refractivity contribution is 0.418. The molecule has 78 valence electrons. The molecule has 3 nitrogen and oxygen atoms in total. The van der Waals surface area contributed by atoms with Crippen molar-refractivity contribution in [2.24, 2.45) is 0 Å². The molecule has 2 aromatic rings. The zero-order valence-corrected chi connectivity index (χ0v) is 9.73. The van der Waals surface area contributed by atoms with Crippen molar-refractivity contribution in [3.8, 4) is 5.75 Å². The van der Waals surface area contributed by atoms with Crippen LogP contribution in [0.4, 0.5) is 0 Å². The summed E-state index contributed by atoms with van der Waals surface area (Å²) in [5.74, 6) is 0.649. The number of benzene rings is 1. The zero-order chi connectivity index (χ0) is 11.0. The van der Waals surface area contributed by atoms with E-state index < -0.39 is 0 Å². The maximum atomic E-state index is 5.97. The summed E-state index contributed by atoms with van der Waals surface area (Å²) >= 11 is 11.7. The molecule has 1 heterocycles. The van der Waals surface area contributed by atoms with Gasteiger partial charge in [-0.15, -0.1) is 0 Å². The summed E-state index contributed by atoms with van der Waals surface area (Å²) in [5.41, 5.74) is 1.67. The number of aryl methyl sites for hydroxylation is 1. The van der Waals surface area contributed by atoms with E-state index in [1.165, 1.54) is 0 Å². The molecule has 0 N–H and O–H groups in total. The summed E-state index contributed by atoms with van der Waals surface area (Å²) in [6.07, 6.45) is 0. The van der Waals surface area contributed by atoms with Crippen molar-refractivity contribution in [1.82, 2.24) is 9.97 Å². The third-order valence-corrected chi connectivity index (χ3v) is 2.51. The Balaban J connectivity index is 2.89. The summed E-state index contributed by atoms with van der Waals surface area (Å²) in [4.78, 5) is 7.98. The van der Waals surface area contributed by atoms with Crippen LogP contribution in [-0.2, 0) is 0 Å². The third-order valence-electron chi connectivity index (χ3n) is 2.06. The van der Waals surface area contributed by atoms with Crippen LogP contribution in [-0.4, -0.2) is 17.1 Å². The summed E-state index contributed by atoms with van der Waals surface area (Å²) in [6.45, 7) is 1.95. The van der Waals surface area contributed by atoms with Crippen molar-refractivity contribution in [3.05, 3.63) is 28.1 Å². The Bertz CT molecular complexity index is 528. The minimum Gasteiger partial charge on any atom is -0.494 e. The number of hydrogen-bond acceptors (Lipinski definition) is 3. The standard InChI is InChI=1S/C10H8Cl2N2O/c1-5-3-6-8(7(4-5)15-2)13-10(12)14-9(6)11/h3-4H,1-2H3. The Labute approximate surface area is 97.0 Å². The van der Waals surface area contributed by atoms with Crippen LogP contribution in [0.3, 0.4) is 0 Å². The molecule has 0 aliphatic heterocycles. The van der Waals surface area contributed by atoms with Gasteiger partial charge in [0, 0.05) is 5.39 Å². The van der Waals surface area contributed by atoms with Crippen LogP contribution < -0.4 is 4.74 Å². The second-order valence-electron chi connectivity index (χ2n) is 3.15. The molecule has 0 aliphatic carbocycles. The minimum absolute atomic E-state index is 0.120. The Morgan fingerprint density at radius 3 is 2.60 bits per heavy atom. The number of ether oxygens (including phenoxy) is 1. The van der Waals surface area contributed by atoms with Crippen molar-refractivity contribution in [3.63, 3.8) is 0 Å². The molecule has 0 spiro atoms. The highest BCUT2D eigenvalue weighted by molar-refractivity contribution is 6.35. The fourth-order valence-electron chi connectivity index (χ4n) is 1.43. The van der Waals surface area contributed by atoms with Crippen LogP contribution in [0.2, 0.25) is 10.4 Å². The quantitative estimate of drug-likeness (QED) is 0.569. The molecular weight excluding hydrogens is 235 g/mol. The first-order chi connectivity index (χ1) is 7.11. The monoisotopic (exact) mass is 242 g/mol. The van der Waals surface area contributed by atoms with E-state index in [-0.39, 0.29) is 5.28 Å². The minimum atomic E-state index is 0.120.